The van der Waals surface area contributed by atoms with E-state index in [0.29, 0.717) is 5.92 Å². The number of para-hydroxylation sites is 1. The Hall–Kier alpha value is -2.40. The van der Waals surface area contributed by atoms with Gasteiger partial charge in [0.2, 0.25) is 0 Å². The van der Waals surface area contributed by atoms with Crippen molar-refractivity contribution in [3.8, 4) is 5.75 Å². The first-order valence-corrected chi connectivity index (χ1v) is 8.95. The molecule has 0 radical (unpaired) electrons. The van der Waals surface area contributed by atoms with Crippen LogP contribution in [0.15, 0.2) is 42.6 Å². The fourth-order valence-corrected chi connectivity index (χ4v) is 3.86. The largest absolute Gasteiger partial charge is 0.496 e. The molecule has 0 saturated carbocycles. The molecule has 0 bridgehead atoms. The maximum Gasteiger partial charge on any atom is 0.159 e. The minimum atomic E-state index is 0.462. The Morgan fingerprint density at radius 1 is 1.20 bits per heavy atom. The van der Waals surface area contributed by atoms with Crippen LogP contribution in [0.5, 0.6) is 5.75 Å². The molecule has 3 heterocycles. The van der Waals surface area contributed by atoms with Crippen LogP contribution in [-0.4, -0.2) is 39.6 Å². The second kappa shape index (κ2) is 6.84. The van der Waals surface area contributed by atoms with Gasteiger partial charge in [0.1, 0.15) is 17.1 Å². The fraction of sp³-hybridized carbons (Fsp3) is 0.400. The number of fused-ring (bicyclic) bond motifs is 1. The first-order chi connectivity index (χ1) is 12.3. The Bertz CT molecular complexity index is 873. The van der Waals surface area contributed by atoms with Crippen LogP contribution in [0.4, 0.5) is 0 Å². The summed E-state index contributed by atoms with van der Waals surface area (Å²) in [7, 11) is 1.74. The minimum Gasteiger partial charge on any atom is -0.496 e. The van der Waals surface area contributed by atoms with Gasteiger partial charge in [-0.3, -0.25) is 4.90 Å². The highest BCUT2D eigenvalue weighted by atomic mass is 16.5. The van der Waals surface area contributed by atoms with Crippen molar-refractivity contribution in [1.29, 1.82) is 0 Å². The van der Waals surface area contributed by atoms with Gasteiger partial charge in [0, 0.05) is 37.3 Å². The van der Waals surface area contributed by atoms with E-state index in [-0.39, 0.29) is 0 Å². The normalized spacial score (nSPS) is 18.1. The third-order valence-corrected chi connectivity index (χ3v) is 5.07. The van der Waals surface area contributed by atoms with Crippen LogP contribution in [0.1, 0.15) is 30.7 Å². The molecular formula is C20H24N4O. The zero-order valence-electron chi connectivity index (χ0n) is 14.9. The predicted molar refractivity (Wildman–Crippen MR) is 98.8 cm³/mol. The summed E-state index contributed by atoms with van der Waals surface area (Å²) in [4.78, 5) is 11.9. The van der Waals surface area contributed by atoms with E-state index in [1.165, 1.54) is 11.4 Å². The standard InChI is InChI=1S/C20H24N4O/c1-3-24-19(22-17-8-6-11-21-20(17)24)16-10-12-23(14-16)13-15-7-4-5-9-18(15)25-2/h4-9,11,16H,3,10,12-14H2,1-2H3. The Balaban J connectivity index is 1.55. The van der Waals surface area contributed by atoms with E-state index in [1.807, 2.05) is 24.4 Å². The smallest absolute Gasteiger partial charge is 0.159 e. The maximum atomic E-state index is 5.49. The van der Waals surface area contributed by atoms with Gasteiger partial charge in [-0.25, -0.2) is 9.97 Å². The maximum absolute atomic E-state index is 5.49. The summed E-state index contributed by atoms with van der Waals surface area (Å²) in [5.41, 5.74) is 3.25. The van der Waals surface area contributed by atoms with Crippen molar-refractivity contribution in [2.45, 2.75) is 32.4 Å². The number of likely N-dealkylation sites (tertiary alicyclic amines) is 1. The number of ether oxygens (including phenoxy) is 1. The number of pyridine rings is 1. The molecule has 2 aromatic heterocycles. The van der Waals surface area contributed by atoms with Crippen LogP contribution in [0.3, 0.4) is 0 Å². The molecule has 25 heavy (non-hydrogen) atoms. The fourth-order valence-electron chi connectivity index (χ4n) is 3.86. The van der Waals surface area contributed by atoms with Crippen molar-refractivity contribution in [2.75, 3.05) is 20.2 Å². The summed E-state index contributed by atoms with van der Waals surface area (Å²) >= 11 is 0. The molecule has 1 unspecified atom stereocenters. The number of methoxy groups -OCH3 is 1. The monoisotopic (exact) mass is 336 g/mol. The van der Waals surface area contributed by atoms with Crippen molar-refractivity contribution in [2.24, 2.45) is 0 Å². The SMILES string of the molecule is CCn1c(C2CCN(Cc3ccccc3OC)C2)nc2cccnc21. The first-order valence-electron chi connectivity index (χ1n) is 8.95. The third-order valence-electron chi connectivity index (χ3n) is 5.07. The highest BCUT2D eigenvalue weighted by Gasteiger charge is 2.28. The van der Waals surface area contributed by atoms with Gasteiger partial charge in [0.15, 0.2) is 5.65 Å². The lowest BCUT2D eigenvalue weighted by Crippen LogP contribution is -2.21. The Kier molecular flexibility index (Phi) is 4.40. The summed E-state index contributed by atoms with van der Waals surface area (Å²) in [6, 6.07) is 12.3. The number of rotatable bonds is 5. The lowest BCUT2D eigenvalue weighted by molar-refractivity contribution is 0.315. The molecule has 3 aromatic rings. The number of hydrogen-bond acceptors (Lipinski definition) is 4. The predicted octanol–water partition coefficient (Wildman–Crippen LogP) is 3.45. The summed E-state index contributed by atoms with van der Waals surface area (Å²) in [6.07, 6.45) is 2.99. The quantitative estimate of drug-likeness (QED) is 0.716. The molecule has 0 amide bonds. The van der Waals surface area contributed by atoms with Crippen LogP contribution in [-0.2, 0) is 13.1 Å². The number of nitrogens with zero attached hydrogens (tertiary/aromatic N) is 4. The van der Waals surface area contributed by atoms with E-state index in [1.54, 1.807) is 7.11 Å². The molecular weight excluding hydrogens is 312 g/mol. The highest BCUT2D eigenvalue weighted by molar-refractivity contribution is 5.71. The van der Waals surface area contributed by atoms with Gasteiger partial charge in [-0.05, 0) is 38.1 Å². The molecule has 5 heteroatoms. The van der Waals surface area contributed by atoms with Gasteiger partial charge in [-0.15, -0.1) is 0 Å². The van der Waals surface area contributed by atoms with E-state index in [9.17, 15) is 0 Å². The molecule has 1 fully saturated rings. The molecule has 1 aromatic carbocycles. The molecule has 1 aliphatic rings. The summed E-state index contributed by atoms with van der Waals surface area (Å²) < 4.78 is 7.76. The molecule has 0 aliphatic carbocycles. The van der Waals surface area contributed by atoms with Crippen LogP contribution in [0.2, 0.25) is 0 Å². The summed E-state index contributed by atoms with van der Waals surface area (Å²) in [6.45, 7) is 6.11. The molecule has 0 spiro atoms. The van der Waals surface area contributed by atoms with E-state index in [4.69, 9.17) is 9.72 Å². The van der Waals surface area contributed by atoms with Crippen molar-refractivity contribution < 1.29 is 4.74 Å². The molecule has 1 atom stereocenters. The molecule has 1 saturated heterocycles. The molecule has 5 nitrogen and oxygen atoms in total. The van der Waals surface area contributed by atoms with Gasteiger partial charge in [0.25, 0.3) is 0 Å². The van der Waals surface area contributed by atoms with Gasteiger partial charge < -0.3 is 9.30 Å². The molecule has 0 N–H and O–H groups in total. The van der Waals surface area contributed by atoms with E-state index >= 15 is 0 Å². The van der Waals surface area contributed by atoms with Crippen molar-refractivity contribution >= 4 is 11.2 Å². The van der Waals surface area contributed by atoms with Gasteiger partial charge in [0.05, 0.1) is 7.11 Å². The second-order valence-electron chi connectivity index (χ2n) is 6.59. The number of hydrogen-bond donors (Lipinski definition) is 0. The van der Waals surface area contributed by atoms with Crippen molar-refractivity contribution in [3.05, 3.63) is 54.0 Å². The topological polar surface area (TPSA) is 43.2 Å². The van der Waals surface area contributed by atoms with E-state index in [0.717, 1.165) is 49.5 Å². The van der Waals surface area contributed by atoms with Gasteiger partial charge >= 0.3 is 0 Å². The average Bonchev–Trinajstić information content (AvgIpc) is 3.26. The number of imidazole rings is 1. The second-order valence-corrected chi connectivity index (χ2v) is 6.59. The lowest BCUT2D eigenvalue weighted by Gasteiger charge is -2.18. The van der Waals surface area contributed by atoms with Crippen molar-refractivity contribution in [1.82, 2.24) is 19.4 Å². The Labute approximate surface area is 148 Å². The summed E-state index contributed by atoms with van der Waals surface area (Å²) in [5.74, 6) is 2.61. The minimum absolute atomic E-state index is 0.462. The first kappa shape index (κ1) is 16.1. The van der Waals surface area contributed by atoms with Crippen LogP contribution >= 0.6 is 0 Å². The third kappa shape index (κ3) is 3.00. The number of aryl methyl sites for hydroxylation is 1. The number of aromatic nitrogens is 3. The summed E-state index contributed by atoms with van der Waals surface area (Å²) in [5, 5.41) is 0. The number of benzene rings is 1. The van der Waals surface area contributed by atoms with E-state index < -0.39 is 0 Å². The average molecular weight is 336 g/mol. The van der Waals surface area contributed by atoms with Crippen molar-refractivity contribution in [3.63, 3.8) is 0 Å². The zero-order valence-corrected chi connectivity index (χ0v) is 14.9. The molecule has 1 aliphatic heterocycles. The van der Waals surface area contributed by atoms with Crippen LogP contribution < -0.4 is 4.74 Å². The van der Waals surface area contributed by atoms with Gasteiger partial charge in [-0.1, -0.05) is 18.2 Å². The Morgan fingerprint density at radius 2 is 2.08 bits per heavy atom. The van der Waals surface area contributed by atoms with Crippen LogP contribution in [0, 0.1) is 0 Å². The molecule has 4 rings (SSSR count). The lowest BCUT2D eigenvalue weighted by atomic mass is 10.1. The molecule has 130 valence electrons. The Morgan fingerprint density at radius 3 is 2.92 bits per heavy atom. The van der Waals surface area contributed by atoms with Gasteiger partial charge in [-0.2, -0.15) is 0 Å². The van der Waals surface area contributed by atoms with E-state index in [2.05, 4.69) is 39.6 Å². The zero-order chi connectivity index (χ0) is 17.2. The van der Waals surface area contributed by atoms with Crippen LogP contribution in [0.25, 0.3) is 11.2 Å². The highest BCUT2D eigenvalue weighted by Crippen LogP contribution is 2.31.